The van der Waals surface area contributed by atoms with Crippen LogP contribution in [0.4, 0.5) is 5.82 Å². The largest absolute Gasteiger partial charge is 0.537 e. The Morgan fingerprint density at radius 3 is 2.00 bits per heavy atom. The van der Waals surface area contributed by atoms with Crippen LogP contribution in [0.3, 0.4) is 0 Å². The van der Waals surface area contributed by atoms with E-state index in [-0.39, 0.29) is 29.1 Å². The molecule has 35 heteroatoms. The van der Waals surface area contributed by atoms with Gasteiger partial charge in [-0.25, -0.2) is 67.0 Å². The molecule has 1 saturated heterocycles. The number of nitrogens with two attached hydrogens (primary N) is 1. The highest BCUT2D eigenvalue weighted by Gasteiger charge is 2.54. The number of hydrogen-bond acceptors (Lipinski definition) is 25. The van der Waals surface area contributed by atoms with Crippen LogP contribution in [-0.2, 0) is 84.3 Å². The molecule has 0 saturated carbocycles. The van der Waals surface area contributed by atoms with Crippen molar-refractivity contribution in [1.29, 1.82) is 0 Å². The van der Waals surface area contributed by atoms with Gasteiger partial charge < -0.3 is 50.2 Å². The molecule has 3 heterocycles. The number of nitrogens with zero attached hydrogens (tertiary/aromatic N) is 4. The van der Waals surface area contributed by atoms with E-state index < -0.39 is 105 Å². The number of hydrogen-bond donors (Lipinski definition) is 10. The summed E-state index contributed by atoms with van der Waals surface area (Å²) in [6.45, 7) is 0. The Balaban J connectivity index is 1.95. The molecule has 10 N–H and O–H groups in total. The molecule has 0 aliphatic carbocycles. The molecule has 0 aromatic carbocycles. The molecule has 31 nitrogen and oxygen atoms in total. The summed E-state index contributed by atoms with van der Waals surface area (Å²) in [4.78, 5) is 168. The number of carbonyl (C=O) groups is 2. The van der Waals surface area contributed by atoms with E-state index in [2.05, 4.69) is 45.5 Å². The molecule has 1 aliphatic heterocycles. The second kappa shape index (κ2) is 21.0. The second-order valence-corrected chi connectivity index (χ2v) is 15.9. The van der Waals surface area contributed by atoms with Crippen molar-refractivity contribution in [2.45, 2.75) is 30.6 Å². The zero-order chi connectivity index (χ0) is 48.4. The average Bonchev–Trinajstić information content (AvgIpc) is 3.79. The molecule has 3 rings (SSSR count). The Hall–Kier alpha value is -6.83. The summed E-state index contributed by atoms with van der Waals surface area (Å²) in [6.07, 6.45) is -11.1. The van der Waals surface area contributed by atoms with Crippen LogP contribution in [0, 0.1) is 5.41 Å². The van der Waals surface area contributed by atoms with Crippen LogP contribution in [-0.4, -0.2) is 133 Å². The number of ether oxygens (including phenoxy) is 1. The number of imidazole rings is 1. The number of phosphoric acid groups is 3. The summed E-state index contributed by atoms with van der Waals surface area (Å²) in [6, 6.07) is 0. The number of nitrogens with one attached hydrogen (secondary N) is 2. The molecule has 2 aromatic rings. The van der Waals surface area contributed by atoms with Crippen LogP contribution in [0.25, 0.3) is 11.2 Å². The minimum atomic E-state index is -6.59. The van der Waals surface area contributed by atoms with E-state index in [1.807, 2.05) is 0 Å². The normalized spacial score (nSPS) is 19.6. The van der Waals surface area contributed by atoms with Gasteiger partial charge in [0.1, 0.15) is 58.1 Å². The van der Waals surface area contributed by atoms with Gasteiger partial charge in [0, 0.05) is 12.2 Å². The van der Waals surface area contributed by atoms with Crippen LogP contribution >= 0.6 is 36.1 Å². The maximum atomic E-state index is 13.1. The Labute approximate surface area is 356 Å². The van der Waals surface area contributed by atoms with E-state index >= 15 is 0 Å². The monoisotopic (exact) mass is 975 g/mol. The van der Waals surface area contributed by atoms with Crippen molar-refractivity contribution in [3.63, 3.8) is 0 Å². The number of aliphatic hydroxyl groups excluding tert-OH is 2. The molecule has 336 valence electrons. The Kier molecular flexibility index (Phi) is 16.9. The van der Waals surface area contributed by atoms with E-state index in [1.165, 1.54) is 5.32 Å². The van der Waals surface area contributed by atoms with E-state index in [1.54, 1.807) is 5.32 Å². The van der Waals surface area contributed by atoms with Gasteiger partial charge in [0.05, 0.1) is 6.33 Å². The predicted octanol–water partition coefficient (Wildman–Crippen LogP) is -4.98. The Morgan fingerprint density at radius 2 is 1.48 bits per heavy atom. The third-order valence-corrected chi connectivity index (χ3v) is 10.8. The van der Waals surface area contributed by atoms with Crippen molar-refractivity contribution in [2.75, 3.05) is 5.73 Å². The second-order valence-electron chi connectivity index (χ2n) is 11.4. The highest BCUT2D eigenvalue weighted by molar-refractivity contribution is 7.85. The zero-order valence-corrected chi connectivity index (χ0v) is 34.0. The van der Waals surface area contributed by atoms with Gasteiger partial charge >= 0.3 is 23.5 Å². The topological polar surface area (TPSA) is 483 Å². The molecule has 2 unspecified atom stereocenters. The number of thiol groups is 1. The van der Waals surface area contributed by atoms with Crippen LogP contribution in [0.5, 0.6) is 0 Å². The van der Waals surface area contributed by atoms with Crippen molar-refractivity contribution in [1.82, 2.24) is 30.2 Å². The van der Waals surface area contributed by atoms with E-state index in [9.17, 15) is 91.4 Å². The molecule has 0 radical (unpaired) electrons. The number of phosphoric ester groups is 3. The smallest absolute Gasteiger partial charge is 0.395 e. The van der Waals surface area contributed by atoms with Crippen molar-refractivity contribution >= 4 is 112 Å². The maximum Gasteiger partial charge on any atom is 0.537 e. The van der Waals surface area contributed by atoms with Crippen LogP contribution in [0.15, 0.2) is 58.2 Å². The van der Waals surface area contributed by atoms with Crippen LogP contribution < -0.4 is 16.4 Å². The van der Waals surface area contributed by atoms with Gasteiger partial charge in [-0.3, -0.25) is 28.5 Å². The lowest BCUT2D eigenvalue weighted by Gasteiger charge is -2.30. The van der Waals surface area contributed by atoms with Crippen molar-refractivity contribution in [3.05, 3.63) is 58.2 Å². The quantitative estimate of drug-likeness (QED) is 0.0148. The highest BCUT2D eigenvalue weighted by atomic mass is 32.1. The number of aliphatic hydroxyl groups is 2. The Morgan fingerprint density at radius 1 is 0.875 bits per heavy atom. The highest BCUT2D eigenvalue weighted by Crippen LogP contribution is 2.63. The number of amides is 2. The lowest BCUT2D eigenvalue weighted by atomic mass is 9.79. The molecular weight excluding hydrogens is 955 g/mol. The van der Waals surface area contributed by atoms with Gasteiger partial charge in [-0.2, -0.15) is 4.31 Å². The molecule has 1 aliphatic rings. The SMILES string of the molecule is Nc1ncnc2c1ncn2[C@@H]1O[C@H](C(=C=O)OP(=O)(O)OP(=O)(O)OC(=C=O)C(C=C=O)(C=C=O)[C@@H](O)C(=O)NC(=C=O)C(=C=O)C(=O)NC(=C=O)C(S)=C=O)[C@@H](OP(=O)(O)O)[C@H]1O. The molecule has 2 amide bonds. The summed E-state index contributed by atoms with van der Waals surface area (Å²) in [5, 5.41) is 24.8. The maximum absolute atomic E-state index is 13.1. The number of rotatable bonds is 20. The molecule has 64 heavy (non-hydrogen) atoms. The lowest BCUT2D eigenvalue weighted by molar-refractivity contribution is -0.132. The number of fused-ring (bicyclic) bond motifs is 1. The lowest BCUT2D eigenvalue weighted by Crippen LogP contribution is -2.47. The number of carbonyl (C=O) groups excluding carboxylic acids is 10. The van der Waals surface area contributed by atoms with Crippen molar-refractivity contribution < 1.29 is 114 Å². The van der Waals surface area contributed by atoms with Gasteiger partial charge in [0.15, 0.2) is 70.6 Å². The first-order valence-corrected chi connectivity index (χ1v) is 20.6. The third kappa shape index (κ3) is 11.8. The summed E-state index contributed by atoms with van der Waals surface area (Å²) < 4.78 is 61.4. The fraction of sp³-hybridized carbons (Fsp3) is 0.207. The first kappa shape index (κ1) is 51.5. The summed E-state index contributed by atoms with van der Waals surface area (Å²) >= 11 is 3.48. The van der Waals surface area contributed by atoms with E-state index in [0.29, 0.717) is 5.94 Å². The van der Waals surface area contributed by atoms with Gasteiger partial charge in [0.25, 0.3) is 11.8 Å². The minimum absolute atomic E-state index is 0.116. The number of aromatic nitrogens is 4. The molecular formula is C29H20N7O24P3S. The van der Waals surface area contributed by atoms with Crippen molar-refractivity contribution in [3.8, 4) is 0 Å². The van der Waals surface area contributed by atoms with Gasteiger partial charge in [-0.15, -0.1) is 12.6 Å². The number of anilines is 1. The molecule has 0 spiro atoms. The first-order chi connectivity index (χ1) is 29.9. The minimum Gasteiger partial charge on any atom is -0.395 e. The molecule has 0 bridgehead atoms. The van der Waals surface area contributed by atoms with Crippen LogP contribution in [0.1, 0.15) is 6.23 Å². The average molecular weight is 975 g/mol. The molecule has 7 atom stereocenters. The molecule has 2 aromatic heterocycles. The van der Waals surface area contributed by atoms with Gasteiger partial charge in [-0.05, 0) is 0 Å². The standard InChI is InChI=1S/C29H20N7O24P3S/c30-24-19-25(32-11-31-24)36(12-33-19)28-20(45)22(59-61(49,50)51)21(56-28)16(8-42)57-62(52,53)60-63(54,55)58-18(10-44)29(1-3-37,2-4-38)23(46)27(48)34-14(6-40)13(5-39)26(47)35-15(7-41)17(64)9-43/h1-2,11-12,20-23,28,45-46,64H,(H,34,48)(H,35,47)(H,52,53)(H,54,55)(H2,30,31,32)(H2,49,50,51)/t20-,21-,22+,23+,28-/m1/s1. The summed E-state index contributed by atoms with van der Waals surface area (Å²) in [5.74, 6) is -1.11. The van der Waals surface area contributed by atoms with Gasteiger partial charge in [-0.1, -0.05) is 0 Å². The fourth-order valence-corrected chi connectivity index (χ4v) is 7.69. The van der Waals surface area contributed by atoms with E-state index in [0.717, 1.165) is 58.8 Å². The number of nitrogen functional groups attached to an aromatic ring is 1. The molecule has 1 fully saturated rings. The van der Waals surface area contributed by atoms with E-state index in [4.69, 9.17) is 10.5 Å². The summed E-state index contributed by atoms with van der Waals surface area (Å²) in [7, 11) is -18.7. The van der Waals surface area contributed by atoms with Crippen molar-refractivity contribution in [2.24, 2.45) is 5.41 Å². The summed E-state index contributed by atoms with van der Waals surface area (Å²) in [5.41, 5.74) is -2.43. The zero-order valence-electron chi connectivity index (χ0n) is 30.4. The Bertz CT molecular complexity index is 2830. The first-order valence-electron chi connectivity index (χ1n) is 15.7. The van der Waals surface area contributed by atoms with Gasteiger partial charge in [0.2, 0.25) is 11.5 Å². The fourth-order valence-electron chi connectivity index (χ4n) is 4.91. The predicted molar refractivity (Wildman–Crippen MR) is 199 cm³/mol. The third-order valence-electron chi connectivity index (χ3n) is 7.50. The van der Waals surface area contributed by atoms with Crippen LogP contribution in [0.2, 0.25) is 0 Å².